The molecule has 1 aromatic carbocycles. The van der Waals surface area contributed by atoms with Gasteiger partial charge in [-0.1, -0.05) is 12.1 Å². The van der Waals surface area contributed by atoms with Crippen LogP contribution in [0.4, 0.5) is 5.69 Å². The summed E-state index contributed by atoms with van der Waals surface area (Å²) in [4.78, 5) is 4.55. The van der Waals surface area contributed by atoms with Crippen molar-refractivity contribution in [3.63, 3.8) is 0 Å². The summed E-state index contributed by atoms with van der Waals surface area (Å²) in [6.45, 7) is 0. The molecule has 0 atom stereocenters. The molecular weight excluding hydrogens is 270 g/mol. The minimum Gasteiger partial charge on any atom is -0.399 e. The lowest BCUT2D eigenvalue weighted by Crippen LogP contribution is -1.93. The summed E-state index contributed by atoms with van der Waals surface area (Å²) in [5, 5.41) is 5.19. The Balaban J connectivity index is 1.66. The molecule has 0 amide bonds. The molecule has 4 rings (SSSR count). The van der Waals surface area contributed by atoms with Crippen LogP contribution in [0.3, 0.4) is 0 Å². The molecule has 0 spiro atoms. The lowest BCUT2D eigenvalue weighted by atomic mass is 10.1. The number of hydrogen-bond donors (Lipinski definition) is 1. The second-order valence-electron chi connectivity index (χ2n) is 5.01. The van der Waals surface area contributed by atoms with Gasteiger partial charge in [0.25, 0.3) is 0 Å². The summed E-state index contributed by atoms with van der Waals surface area (Å²) >= 11 is 1.40. The van der Waals surface area contributed by atoms with E-state index in [0.29, 0.717) is 5.92 Å². The Labute approximate surface area is 120 Å². The molecule has 2 aromatic heterocycles. The molecule has 20 heavy (non-hydrogen) atoms. The average Bonchev–Trinajstić information content (AvgIpc) is 3.01. The molecule has 1 saturated carbocycles. The van der Waals surface area contributed by atoms with E-state index in [1.807, 2.05) is 36.7 Å². The molecule has 1 aliphatic rings. The fraction of sp³-hybridized carbons (Fsp3) is 0.214. The second-order valence-corrected chi connectivity index (χ2v) is 5.74. The minimum atomic E-state index is 0.573. The van der Waals surface area contributed by atoms with Gasteiger partial charge in [-0.3, -0.25) is 0 Å². The van der Waals surface area contributed by atoms with Crippen molar-refractivity contribution in [2.45, 2.75) is 18.8 Å². The number of benzene rings is 1. The van der Waals surface area contributed by atoms with Crippen molar-refractivity contribution in [2.75, 3.05) is 5.73 Å². The summed E-state index contributed by atoms with van der Waals surface area (Å²) in [7, 11) is 0. The predicted molar refractivity (Wildman–Crippen MR) is 78.9 cm³/mol. The molecule has 1 fully saturated rings. The van der Waals surface area contributed by atoms with E-state index in [4.69, 9.17) is 5.73 Å². The van der Waals surface area contributed by atoms with Crippen molar-refractivity contribution in [1.29, 1.82) is 0 Å². The van der Waals surface area contributed by atoms with Crippen molar-refractivity contribution < 1.29 is 0 Å². The first-order valence-electron chi connectivity index (χ1n) is 6.54. The Hall–Kier alpha value is -2.21. The number of hydrogen-bond acceptors (Lipinski definition) is 5. The SMILES string of the molecule is Nc1cccc(-c2cnn(-c3nc(C4CC4)ns3)c2)c1. The van der Waals surface area contributed by atoms with E-state index in [1.54, 1.807) is 4.68 Å². The number of nitrogens with two attached hydrogens (primary N) is 1. The zero-order valence-corrected chi connectivity index (χ0v) is 11.5. The van der Waals surface area contributed by atoms with E-state index in [9.17, 15) is 0 Å². The molecule has 6 heteroatoms. The summed E-state index contributed by atoms with van der Waals surface area (Å²) in [6, 6.07) is 7.78. The van der Waals surface area contributed by atoms with E-state index in [0.717, 1.165) is 27.8 Å². The third-order valence-electron chi connectivity index (χ3n) is 3.37. The first-order valence-corrected chi connectivity index (χ1v) is 7.31. The number of nitrogen functional groups attached to an aromatic ring is 1. The third kappa shape index (κ3) is 2.08. The summed E-state index contributed by atoms with van der Waals surface area (Å²) in [5.41, 5.74) is 8.65. The van der Waals surface area contributed by atoms with Crippen LogP contribution in [0.1, 0.15) is 24.6 Å². The molecular formula is C14H13N5S. The molecule has 5 nitrogen and oxygen atoms in total. The van der Waals surface area contributed by atoms with Gasteiger partial charge in [-0.15, -0.1) is 0 Å². The molecule has 2 N–H and O–H groups in total. The average molecular weight is 283 g/mol. The van der Waals surface area contributed by atoms with Crippen molar-refractivity contribution >= 4 is 17.2 Å². The van der Waals surface area contributed by atoms with E-state index in [2.05, 4.69) is 14.5 Å². The Morgan fingerprint density at radius 2 is 2.15 bits per heavy atom. The van der Waals surface area contributed by atoms with Crippen molar-refractivity contribution in [2.24, 2.45) is 0 Å². The van der Waals surface area contributed by atoms with Crippen LogP contribution in [0.15, 0.2) is 36.7 Å². The minimum absolute atomic E-state index is 0.573. The van der Waals surface area contributed by atoms with Gasteiger partial charge in [-0.25, -0.2) is 9.67 Å². The highest BCUT2D eigenvalue weighted by atomic mass is 32.1. The Morgan fingerprint density at radius 1 is 1.25 bits per heavy atom. The lowest BCUT2D eigenvalue weighted by molar-refractivity contribution is 0.852. The topological polar surface area (TPSA) is 69.6 Å². The maximum absolute atomic E-state index is 5.81. The summed E-state index contributed by atoms with van der Waals surface area (Å²) in [5.74, 6) is 1.54. The van der Waals surface area contributed by atoms with Crippen molar-refractivity contribution in [3.8, 4) is 16.3 Å². The van der Waals surface area contributed by atoms with Gasteiger partial charge in [0.2, 0.25) is 5.13 Å². The van der Waals surface area contributed by atoms with Gasteiger partial charge in [0, 0.05) is 34.9 Å². The van der Waals surface area contributed by atoms with Crippen molar-refractivity contribution in [1.82, 2.24) is 19.1 Å². The van der Waals surface area contributed by atoms with Crippen LogP contribution in [0.25, 0.3) is 16.3 Å². The quantitative estimate of drug-likeness (QED) is 0.750. The van der Waals surface area contributed by atoms with Gasteiger partial charge in [-0.2, -0.15) is 9.47 Å². The Morgan fingerprint density at radius 3 is 2.95 bits per heavy atom. The van der Waals surface area contributed by atoms with Crippen LogP contribution in [-0.2, 0) is 0 Å². The zero-order chi connectivity index (χ0) is 13.5. The number of rotatable bonds is 3. The molecule has 2 heterocycles. The van der Waals surface area contributed by atoms with Crippen LogP contribution in [0.2, 0.25) is 0 Å². The van der Waals surface area contributed by atoms with Gasteiger partial charge < -0.3 is 5.73 Å². The second kappa shape index (κ2) is 4.42. The molecule has 0 radical (unpaired) electrons. The van der Waals surface area contributed by atoms with Gasteiger partial charge >= 0.3 is 0 Å². The maximum atomic E-state index is 5.81. The molecule has 100 valence electrons. The van der Waals surface area contributed by atoms with Gasteiger partial charge in [0.15, 0.2) is 0 Å². The van der Waals surface area contributed by atoms with E-state index >= 15 is 0 Å². The first kappa shape index (κ1) is 11.6. The third-order valence-corrected chi connectivity index (χ3v) is 4.09. The Bertz CT molecular complexity index is 756. The van der Waals surface area contributed by atoms with Crippen LogP contribution < -0.4 is 5.73 Å². The van der Waals surface area contributed by atoms with E-state index in [-0.39, 0.29) is 0 Å². The fourth-order valence-corrected chi connectivity index (χ4v) is 2.80. The van der Waals surface area contributed by atoms with Crippen LogP contribution >= 0.6 is 11.5 Å². The monoisotopic (exact) mass is 283 g/mol. The zero-order valence-electron chi connectivity index (χ0n) is 10.7. The lowest BCUT2D eigenvalue weighted by Gasteiger charge is -1.98. The smallest absolute Gasteiger partial charge is 0.230 e. The number of aromatic nitrogens is 4. The van der Waals surface area contributed by atoms with Crippen LogP contribution in [-0.4, -0.2) is 19.1 Å². The molecule has 0 aliphatic heterocycles. The molecule has 1 aliphatic carbocycles. The van der Waals surface area contributed by atoms with Gasteiger partial charge in [0.05, 0.1) is 6.20 Å². The van der Waals surface area contributed by atoms with Gasteiger partial charge in [0.1, 0.15) is 5.82 Å². The molecule has 0 bridgehead atoms. The highest BCUT2D eigenvalue weighted by molar-refractivity contribution is 7.08. The molecule has 0 unspecified atom stereocenters. The standard InChI is InChI=1S/C14H13N5S/c15-12-3-1-2-10(6-12)11-7-16-19(8-11)14-17-13(18-20-14)9-4-5-9/h1-3,6-9H,4-5,15H2. The van der Waals surface area contributed by atoms with E-state index < -0.39 is 0 Å². The number of anilines is 1. The highest BCUT2D eigenvalue weighted by Crippen LogP contribution is 2.39. The van der Waals surface area contributed by atoms with Gasteiger partial charge in [-0.05, 0) is 30.5 Å². The molecule has 3 aromatic rings. The summed E-state index contributed by atoms with van der Waals surface area (Å²) in [6.07, 6.45) is 6.21. The molecule has 0 saturated heterocycles. The maximum Gasteiger partial charge on any atom is 0.230 e. The van der Waals surface area contributed by atoms with E-state index in [1.165, 1.54) is 24.4 Å². The number of nitrogens with zero attached hydrogens (tertiary/aromatic N) is 4. The Kier molecular flexibility index (Phi) is 2.56. The summed E-state index contributed by atoms with van der Waals surface area (Å²) < 4.78 is 6.18. The van der Waals surface area contributed by atoms with Crippen LogP contribution in [0, 0.1) is 0 Å². The van der Waals surface area contributed by atoms with Crippen molar-refractivity contribution in [3.05, 3.63) is 42.5 Å². The van der Waals surface area contributed by atoms with Crippen LogP contribution in [0.5, 0.6) is 0 Å². The predicted octanol–water partition coefficient (Wildman–Crippen LogP) is 2.85. The highest BCUT2D eigenvalue weighted by Gasteiger charge is 2.28. The largest absolute Gasteiger partial charge is 0.399 e. The fourth-order valence-electron chi connectivity index (χ4n) is 2.12. The first-order chi connectivity index (χ1) is 9.79. The normalized spacial score (nSPS) is 14.6.